The number of fused-ring (bicyclic) bond motifs is 1. The quantitative estimate of drug-likeness (QED) is 0.904. The highest BCUT2D eigenvalue weighted by Gasteiger charge is 2.22. The molecule has 0 atom stereocenters. The van der Waals surface area contributed by atoms with Gasteiger partial charge in [-0.1, -0.05) is 17.7 Å². The normalized spacial score (nSPS) is 13.6. The molecule has 2 aromatic rings. The van der Waals surface area contributed by atoms with E-state index in [1.165, 1.54) is 12.1 Å². The second-order valence-corrected chi connectivity index (χ2v) is 7.15. The molecule has 7 heteroatoms. The summed E-state index contributed by atoms with van der Waals surface area (Å²) in [5.41, 5.74) is 2.42. The second-order valence-electron chi connectivity index (χ2n) is 5.06. The molecule has 1 heterocycles. The number of hydrogen-bond donors (Lipinski definition) is 2. The van der Waals surface area contributed by atoms with Crippen LogP contribution in [0.3, 0.4) is 0 Å². The molecule has 1 aliphatic rings. The Kier molecular flexibility index (Phi) is 3.58. The van der Waals surface area contributed by atoms with Crippen molar-refractivity contribution in [3.05, 3.63) is 52.5 Å². The fourth-order valence-electron chi connectivity index (χ4n) is 2.29. The van der Waals surface area contributed by atoms with Crippen LogP contribution in [0.5, 0.6) is 0 Å². The molecule has 0 spiro atoms. The van der Waals surface area contributed by atoms with E-state index in [-0.39, 0.29) is 17.2 Å². The topological polar surface area (TPSA) is 75.3 Å². The molecule has 1 amide bonds. The number of benzene rings is 2. The third kappa shape index (κ3) is 2.67. The standard InChI is InChI=1S/C15H13ClN2O3S/c1-9-12(16)3-2-4-13(9)18-22(20,21)11-5-6-14-10(7-11)8-15(19)17-14/h2-7,18H,8H2,1H3,(H,17,19). The van der Waals surface area contributed by atoms with Gasteiger partial charge in [-0.3, -0.25) is 9.52 Å². The number of carbonyl (C=O) groups is 1. The van der Waals surface area contributed by atoms with Crippen molar-refractivity contribution in [1.82, 2.24) is 0 Å². The minimum Gasteiger partial charge on any atom is -0.326 e. The Labute approximate surface area is 133 Å². The summed E-state index contributed by atoms with van der Waals surface area (Å²) in [5.74, 6) is -0.136. The van der Waals surface area contributed by atoms with Crippen molar-refractivity contribution in [3.8, 4) is 0 Å². The van der Waals surface area contributed by atoms with Crippen molar-refractivity contribution in [1.29, 1.82) is 0 Å². The Bertz CT molecular complexity index is 878. The van der Waals surface area contributed by atoms with Gasteiger partial charge in [0.2, 0.25) is 5.91 Å². The maximum absolute atomic E-state index is 12.5. The first-order valence-electron chi connectivity index (χ1n) is 6.57. The monoisotopic (exact) mass is 336 g/mol. The second kappa shape index (κ2) is 5.30. The minimum atomic E-state index is -3.74. The number of amides is 1. The van der Waals surface area contributed by atoms with Crippen molar-refractivity contribution < 1.29 is 13.2 Å². The van der Waals surface area contributed by atoms with Gasteiger partial charge >= 0.3 is 0 Å². The molecule has 5 nitrogen and oxygen atoms in total. The molecule has 22 heavy (non-hydrogen) atoms. The van der Waals surface area contributed by atoms with Gasteiger partial charge in [0.15, 0.2) is 0 Å². The Balaban J connectivity index is 1.96. The van der Waals surface area contributed by atoms with Gasteiger partial charge in [-0.05, 0) is 48.4 Å². The van der Waals surface area contributed by atoms with Crippen molar-refractivity contribution in [2.75, 3.05) is 10.0 Å². The molecule has 0 saturated carbocycles. The van der Waals surface area contributed by atoms with Gasteiger partial charge in [-0.2, -0.15) is 0 Å². The predicted molar refractivity (Wildman–Crippen MR) is 85.8 cm³/mol. The zero-order valence-corrected chi connectivity index (χ0v) is 13.3. The van der Waals surface area contributed by atoms with E-state index in [1.54, 1.807) is 31.2 Å². The fraction of sp³-hybridized carbons (Fsp3) is 0.133. The van der Waals surface area contributed by atoms with Crippen LogP contribution in [0.15, 0.2) is 41.3 Å². The third-order valence-corrected chi connectivity index (χ3v) is 5.30. The smallest absolute Gasteiger partial charge is 0.261 e. The van der Waals surface area contributed by atoms with E-state index in [0.717, 1.165) is 0 Å². The number of sulfonamides is 1. The zero-order chi connectivity index (χ0) is 15.9. The maximum Gasteiger partial charge on any atom is 0.261 e. The molecular weight excluding hydrogens is 324 g/mol. The predicted octanol–water partition coefficient (Wildman–Crippen LogP) is 2.94. The summed E-state index contributed by atoms with van der Waals surface area (Å²) in [6.07, 6.45) is 0.189. The number of hydrogen-bond acceptors (Lipinski definition) is 3. The summed E-state index contributed by atoms with van der Waals surface area (Å²) in [7, 11) is -3.74. The highest BCUT2D eigenvalue weighted by atomic mass is 35.5. The lowest BCUT2D eigenvalue weighted by Gasteiger charge is -2.12. The van der Waals surface area contributed by atoms with Crippen LogP contribution < -0.4 is 10.0 Å². The average molecular weight is 337 g/mol. The minimum absolute atomic E-state index is 0.113. The van der Waals surface area contributed by atoms with E-state index < -0.39 is 10.0 Å². The molecule has 0 bridgehead atoms. The fourth-order valence-corrected chi connectivity index (χ4v) is 3.64. The molecule has 0 unspecified atom stereocenters. The molecule has 2 aromatic carbocycles. The van der Waals surface area contributed by atoms with Crippen molar-refractivity contribution >= 4 is 38.9 Å². The molecule has 0 aliphatic carbocycles. The first kappa shape index (κ1) is 14.9. The first-order valence-corrected chi connectivity index (χ1v) is 8.43. The van der Waals surface area contributed by atoms with E-state index in [1.807, 2.05) is 0 Å². The SMILES string of the molecule is Cc1c(Cl)cccc1NS(=O)(=O)c1ccc2c(c1)CC(=O)N2. The Hall–Kier alpha value is -2.05. The molecule has 114 valence electrons. The molecule has 3 rings (SSSR count). The molecule has 1 aliphatic heterocycles. The lowest BCUT2D eigenvalue weighted by Crippen LogP contribution is -2.14. The number of anilines is 2. The molecular formula is C15H13ClN2O3S. The van der Waals surface area contributed by atoms with Crippen molar-refractivity contribution in [2.45, 2.75) is 18.2 Å². The van der Waals surface area contributed by atoms with E-state index in [4.69, 9.17) is 11.6 Å². The maximum atomic E-state index is 12.5. The van der Waals surface area contributed by atoms with Crippen LogP contribution >= 0.6 is 11.6 Å². The van der Waals surface area contributed by atoms with Gasteiger partial charge in [0.05, 0.1) is 17.0 Å². The molecule has 0 saturated heterocycles. The Morgan fingerprint density at radius 2 is 2.00 bits per heavy atom. The van der Waals surface area contributed by atoms with Gasteiger partial charge in [0.1, 0.15) is 0 Å². The summed E-state index contributed by atoms with van der Waals surface area (Å²) < 4.78 is 27.5. The summed E-state index contributed by atoms with van der Waals surface area (Å²) in [6, 6.07) is 9.60. The third-order valence-electron chi connectivity index (χ3n) is 3.52. The van der Waals surface area contributed by atoms with Gasteiger partial charge < -0.3 is 5.32 Å². The lowest BCUT2D eigenvalue weighted by molar-refractivity contribution is -0.115. The van der Waals surface area contributed by atoms with Crippen LogP contribution in [0, 0.1) is 6.92 Å². The van der Waals surface area contributed by atoms with Gasteiger partial charge in [0.25, 0.3) is 10.0 Å². The van der Waals surface area contributed by atoms with Crippen LogP contribution in [0.25, 0.3) is 0 Å². The van der Waals surface area contributed by atoms with E-state index in [0.29, 0.717) is 27.5 Å². The van der Waals surface area contributed by atoms with E-state index in [2.05, 4.69) is 10.0 Å². The van der Waals surface area contributed by atoms with Crippen LogP contribution in [-0.4, -0.2) is 14.3 Å². The average Bonchev–Trinajstić information content (AvgIpc) is 2.82. The van der Waals surface area contributed by atoms with Crippen LogP contribution in [0.2, 0.25) is 5.02 Å². The molecule has 0 fully saturated rings. The van der Waals surface area contributed by atoms with Crippen molar-refractivity contribution in [3.63, 3.8) is 0 Å². The summed E-state index contributed by atoms with van der Waals surface area (Å²) in [6.45, 7) is 1.74. The van der Waals surface area contributed by atoms with Crippen LogP contribution in [0.4, 0.5) is 11.4 Å². The highest BCUT2D eigenvalue weighted by Crippen LogP contribution is 2.28. The summed E-state index contributed by atoms with van der Waals surface area (Å²) >= 11 is 6.00. The van der Waals surface area contributed by atoms with Crippen LogP contribution in [-0.2, 0) is 21.2 Å². The summed E-state index contributed by atoms with van der Waals surface area (Å²) in [4.78, 5) is 11.5. The molecule has 0 radical (unpaired) electrons. The largest absolute Gasteiger partial charge is 0.326 e. The number of halogens is 1. The highest BCUT2D eigenvalue weighted by molar-refractivity contribution is 7.92. The number of carbonyl (C=O) groups excluding carboxylic acids is 1. The van der Waals surface area contributed by atoms with Gasteiger partial charge in [-0.15, -0.1) is 0 Å². The summed E-state index contributed by atoms with van der Waals surface area (Å²) in [5, 5.41) is 3.16. The Morgan fingerprint density at radius 3 is 2.77 bits per heavy atom. The van der Waals surface area contributed by atoms with Gasteiger partial charge in [-0.25, -0.2) is 8.42 Å². The molecule has 0 aromatic heterocycles. The van der Waals surface area contributed by atoms with E-state index in [9.17, 15) is 13.2 Å². The number of nitrogens with one attached hydrogen (secondary N) is 2. The molecule has 2 N–H and O–H groups in total. The lowest BCUT2D eigenvalue weighted by atomic mass is 10.2. The zero-order valence-electron chi connectivity index (χ0n) is 11.7. The van der Waals surface area contributed by atoms with Crippen molar-refractivity contribution in [2.24, 2.45) is 0 Å². The first-order chi connectivity index (χ1) is 10.4. The van der Waals surface area contributed by atoms with Gasteiger partial charge in [0, 0.05) is 10.7 Å². The van der Waals surface area contributed by atoms with Crippen LogP contribution in [0.1, 0.15) is 11.1 Å². The van der Waals surface area contributed by atoms with E-state index >= 15 is 0 Å². The Morgan fingerprint density at radius 1 is 1.23 bits per heavy atom. The number of rotatable bonds is 3.